The number of amides is 1. The van der Waals surface area contributed by atoms with E-state index in [0.29, 0.717) is 23.7 Å². The molecule has 0 spiro atoms. The molecule has 1 atom stereocenters. The van der Waals surface area contributed by atoms with Crippen molar-refractivity contribution in [2.24, 2.45) is 0 Å². The highest BCUT2D eigenvalue weighted by molar-refractivity contribution is 5.95. The fourth-order valence-electron chi connectivity index (χ4n) is 2.79. The normalized spacial score (nSPS) is 16.6. The zero-order valence-corrected chi connectivity index (χ0v) is 14.5. The lowest BCUT2D eigenvalue weighted by atomic mass is 10.1. The number of likely N-dealkylation sites (tertiary alicyclic amines) is 1. The Balaban J connectivity index is 0.00000264. The highest BCUT2D eigenvalue weighted by Gasteiger charge is 2.29. The summed E-state index contributed by atoms with van der Waals surface area (Å²) in [6.07, 6.45) is 3.77. The van der Waals surface area contributed by atoms with E-state index >= 15 is 0 Å². The van der Waals surface area contributed by atoms with Crippen LogP contribution in [0.5, 0.6) is 11.5 Å². The van der Waals surface area contributed by atoms with Gasteiger partial charge in [0.1, 0.15) is 6.61 Å². The summed E-state index contributed by atoms with van der Waals surface area (Å²) in [7, 11) is 3.49. The largest absolute Gasteiger partial charge is 0.493 e. The van der Waals surface area contributed by atoms with E-state index in [1.165, 1.54) is 0 Å². The number of likely N-dealkylation sites (N-methyl/N-ethyl adjacent to an activating group) is 1. The molecule has 0 saturated carbocycles. The number of hydrogen-bond acceptors (Lipinski definition) is 4. The van der Waals surface area contributed by atoms with Crippen LogP contribution in [0.3, 0.4) is 0 Å². The van der Waals surface area contributed by atoms with E-state index < -0.39 is 0 Å². The zero-order chi connectivity index (χ0) is 15.9. The minimum Gasteiger partial charge on any atom is -0.493 e. The van der Waals surface area contributed by atoms with E-state index in [-0.39, 0.29) is 24.4 Å². The first-order valence-electron chi connectivity index (χ1n) is 7.58. The number of nitrogens with zero attached hydrogens (tertiary/aromatic N) is 1. The van der Waals surface area contributed by atoms with E-state index in [0.717, 1.165) is 25.9 Å². The van der Waals surface area contributed by atoms with Gasteiger partial charge in [0, 0.05) is 24.7 Å². The lowest BCUT2D eigenvalue weighted by molar-refractivity contribution is 0.0736. The first kappa shape index (κ1) is 19.3. The summed E-state index contributed by atoms with van der Waals surface area (Å²) in [6, 6.07) is 5.58. The molecule has 5 nitrogen and oxygen atoms in total. The predicted octanol–water partition coefficient (Wildman–Crippen LogP) is 2.51. The Labute approximate surface area is 144 Å². The molecule has 1 unspecified atom stereocenters. The maximum atomic E-state index is 12.7. The topological polar surface area (TPSA) is 50.8 Å². The number of carbonyl (C=O) groups excluding carboxylic acids is 1. The Morgan fingerprint density at radius 3 is 2.91 bits per heavy atom. The number of benzene rings is 1. The van der Waals surface area contributed by atoms with Crippen molar-refractivity contribution in [2.45, 2.75) is 18.9 Å². The Bertz CT molecular complexity index is 537. The highest BCUT2D eigenvalue weighted by atomic mass is 35.5. The molecule has 6 heteroatoms. The van der Waals surface area contributed by atoms with E-state index in [9.17, 15) is 4.79 Å². The van der Waals surface area contributed by atoms with Crippen molar-refractivity contribution < 1.29 is 14.3 Å². The number of carbonyl (C=O) groups is 1. The summed E-state index contributed by atoms with van der Waals surface area (Å²) in [5.41, 5.74) is 0.630. The van der Waals surface area contributed by atoms with Crippen molar-refractivity contribution in [3.8, 4) is 11.5 Å². The van der Waals surface area contributed by atoms with Crippen LogP contribution in [0.2, 0.25) is 0 Å². The molecule has 1 N–H and O–H groups in total. The molecule has 0 aliphatic carbocycles. The highest BCUT2D eigenvalue weighted by Crippen LogP contribution is 2.29. The van der Waals surface area contributed by atoms with E-state index in [1.807, 2.05) is 11.9 Å². The van der Waals surface area contributed by atoms with E-state index in [2.05, 4.69) is 11.9 Å². The van der Waals surface area contributed by atoms with Crippen LogP contribution in [0.1, 0.15) is 23.2 Å². The SMILES string of the molecule is C=CCOc1ccc(C(=O)N2CCCC2CNC)cc1OC.Cl. The molecule has 2 rings (SSSR count). The van der Waals surface area contributed by atoms with Crippen LogP contribution in [0, 0.1) is 0 Å². The van der Waals surface area contributed by atoms with Gasteiger partial charge in [-0.15, -0.1) is 12.4 Å². The van der Waals surface area contributed by atoms with Crippen molar-refractivity contribution in [3.05, 3.63) is 36.4 Å². The molecule has 1 heterocycles. The van der Waals surface area contributed by atoms with E-state index in [1.54, 1.807) is 31.4 Å². The van der Waals surface area contributed by atoms with Gasteiger partial charge in [0.05, 0.1) is 7.11 Å². The van der Waals surface area contributed by atoms with Crippen LogP contribution >= 0.6 is 12.4 Å². The minimum atomic E-state index is 0. The Morgan fingerprint density at radius 1 is 1.48 bits per heavy atom. The molecule has 23 heavy (non-hydrogen) atoms. The number of hydrogen-bond donors (Lipinski definition) is 1. The zero-order valence-electron chi connectivity index (χ0n) is 13.7. The number of halogens is 1. The van der Waals surface area contributed by atoms with Crippen LogP contribution in [-0.4, -0.2) is 50.7 Å². The van der Waals surface area contributed by atoms with Gasteiger partial charge in [0.2, 0.25) is 0 Å². The third-order valence-corrected chi connectivity index (χ3v) is 3.85. The monoisotopic (exact) mass is 340 g/mol. The summed E-state index contributed by atoms with van der Waals surface area (Å²) in [4.78, 5) is 14.7. The second kappa shape index (κ2) is 9.43. The standard InChI is InChI=1S/C17H24N2O3.ClH/c1-4-10-22-15-8-7-13(11-16(15)21-3)17(20)19-9-5-6-14(19)12-18-2;/h4,7-8,11,14,18H,1,5-6,9-10,12H2,2-3H3;1H. The maximum absolute atomic E-state index is 12.7. The molecule has 1 saturated heterocycles. The maximum Gasteiger partial charge on any atom is 0.254 e. The predicted molar refractivity (Wildman–Crippen MR) is 93.9 cm³/mol. The van der Waals surface area contributed by atoms with Crippen molar-refractivity contribution >= 4 is 18.3 Å². The molecule has 0 bridgehead atoms. The van der Waals surface area contributed by atoms with Gasteiger partial charge in [-0.05, 0) is 38.1 Å². The van der Waals surface area contributed by atoms with Gasteiger partial charge in [-0.1, -0.05) is 12.7 Å². The van der Waals surface area contributed by atoms with Crippen LogP contribution < -0.4 is 14.8 Å². The number of nitrogens with one attached hydrogen (secondary N) is 1. The third-order valence-electron chi connectivity index (χ3n) is 3.85. The van der Waals surface area contributed by atoms with Gasteiger partial charge in [0.25, 0.3) is 5.91 Å². The van der Waals surface area contributed by atoms with Gasteiger partial charge in [-0.3, -0.25) is 4.79 Å². The van der Waals surface area contributed by atoms with Crippen molar-refractivity contribution in [1.82, 2.24) is 10.2 Å². The molecule has 1 aliphatic heterocycles. The Kier molecular flexibility index (Phi) is 7.92. The van der Waals surface area contributed by atoms with Crippen LogP contribution in [0.4, 0.5) is 0 Å². The summed E-state index contributed by atoms with van der Waals surface area (Å²) >= 11 is 0. The van der Waals surface area contributed by atoms with Crippen molar-refractivity contribution in [1.29, 1.82) is 0 Å². The average Bonchev–Trinajstić information content (AvgIpc) is 3.00. The summed E-state index contributed by atoms with van der Waals surface area (Å²) < 4.78 is 10.8. The van der Waals surface area contributed by atoms with Crippen molar-refractivity contribution in [2.75, 3.05) is 33.9 Å². The molecule has 128 valence electrons. The minimum absolute atomic E-state index is 0. The molecule has 1 aliphatic rings. The molecule has 1 aromatic rings. The molecule has 0 radical (unpaired) electrons. The van der Waals surface area contributed by atoms with Gasteiger partial charge in [0.15, 0.2) is 11.5 Å². The smallest absolute Gasteiger partial charge is 0.254 e. The molecular formula is C17H25ClN2O3. The fourth-order valence-corrected chi connectivity index (χ4v) is 2.79. The van der Waals surface area contributed by atoms with E-state index in [4.69, 9.17) is 9.47 Å². The van der Waals surface area contributed by atoms with Crippen LogP contribution in [0.15, 0.2) is 30.9 Å². The molecular weight excluding hydrogens is 316 g/mol. The number of ether oxygens (including phenoxy) is 2. The fraction of sp³-hybridized carbons (Fsp3) is 0.471. The average molecular weight is 341 g/mol. The quantitative estimate of drug-likeness (QED) is 0.775. The Hall–Kier alpha value is -1.72. The second-order valence-corrected chi connectivity index (χ2v) is 5.32. The van der Waals surface area contributed by atoms with Gasteiger partial charge < -0.3 is 19.7 Å². The van der Waals surface area contributed by atoms with Crippen LogP contribution in [0.25, 0.3) is 0 Å². The second-order valence-electron chi connectivity index (χ2n) is 5.32. The molecule has 1 amide bonds. The third kappa shape index (κ3) is 4.62. The van der Waals surface area contributed by atoms with Gasteiger partial charge in [-0.25, -0.2) is 0 Å². The lowest BCUT2D eigenvalue weighted by Gasteiger charge is -2.25. The van der Waals surface area contributed by atoms with Crippen LogP contribution in [-0.2, 0) is 0 Å². The molecule has 1 aromatic carbocycles. The first-order valence-corrected chi connectivity index (χ1v) is 7.58. The summed E-state index contributed by atoms with van der Waals surface area (Å²) in [5.74, 6) is 1.23. The number of methoxy groups -OCH3 is 1. The molecule has 0 aromatic heterocycles. The Morgan fingerprint density at radius 2 is 2.26 bits per heavy atom. The molecule has 1 fully saturated rings. The lowest BCUT2D eigenvalue weighted by Crippen LogP contribution is -2.40. The first-order chi connectivity index (χ1) is 10.7. The van der Waals surface area contributed by atoms with Crippen molar-refractivity contribution in [3.63, 3.8) is 0 Å². The van der Waals surface area contributed by atoms with Gasteiger partial charge >= 0.3 is 0 Å². The van der Waals surface area contributed by atoms with Gasteiger partial charge in [-0.2, -0.15) is 0 Å². The summed E-state index contributed by atoms with van der Waals surface area (Å²) in [5, 5.41) is 3.15. The number of rotatable bonds is 7. The summed E-state index contributed by atoms with van der Waals surface area (Å²) in [6.45, 7) is 5.66.